The van der Waals surface area contributed by atoms with Crippen molar-refractivity contribution >= 4 is 0 Å². The SMILES string of the molecule is OCC(Cc1ccccc1)NCC1CCC(CNCCCc2ccccc2)CC1. The molecule has 2 aromatic carbocycles. The van der Waals surface area contributed by atoms with E-state index in [1.807, 2.05) is 6.07 Å². The molecule has 0 bridgehead atoms. The van der Waals surface area contributed by atoms with E-state index in [4.69, 9.17) is 0 Å². The molecule has 158 valence electrons. The van der Waals surface area contributed by atoms with Crippen LogP contribution in [0.3, 0.4) is 0 Å². The van der Waals surface area contributed by atoms with Crippen molar-refractivity contribution in [2.75, 3.05) is 26.2 Å². The minimum absolute atomic E-state index is 0.168. The largest absolute Gasteiger partial charge is 0.395 e. The summed E-state index contributed by atoms with van der Waals surface area (Å²) in [6, 6.07) is 21.4. The fraction of sp³-hybridized carbons (Fsp3) is 0.538. The first kappa shape index (κ1) is 22.0. The average molecular weight is 395 g/mol. The molecule has 3 rings (SSSR count). The topological polar surface area (TPSA) is 44.3 Å². The molecular formula is C26H38N2O. The normalized spacial score (nSPS) is 20.4. The van der Waals surface area contributed by atoms with Gasteiger partial charge >= 0.3 is 0 Å². The molecule has 0 aliphatic heterocycles. The first-order valence-electron chi connectivity index (χ1n) is 11.5. The van der Waals surface area contributed by atoms with E-state index >= 15 is 0 Å². The highest BCUT2D eigenvalue weighted by Gasteiger charge is 2.21. The molecule has 3 heteroatoms. The van der Waals surface area contributed by atoms with Gasteiger partial charge in [-0.3, -0.25) is 0 Å². The maximum atomic E-state index is 9.70. The van der Waals surface area contributed by atoms with Crippen LogP contribution in [0.1, 0.15) is 43.2 Å². The third-order valence-corrected chi connectivity index (χ3v) is 6.30. The molecule has 29 heavy (non-hydrogen) atoms. The summed E-state index contributed by atoms with van der Waals surface area (Å²) in [6.07, 6.45) is 8.58. The van der Waals surface area contributed by atoms with E-state index in [2.05, 4.69) is 65.2 Å². The lowest BCUT2D eigenvalue weighted by Crippen LogP contribution is -2.39. The van der Waals surface area contributed by atoms with E-state index in [-0.39, 0.29) is 12.6 Å². The van der Waals surface area contributed by atoms with Crippen molar-refractivity contribution < 1.29 is 5.11 Å². The van der Waals surface area contributed by atoms with E-state index in [1.165, 1.54) is 56.2 Å². The van der Waals surface area contributed by atoms with Crippen LogP contribution in [-0.2, 0) is 12.8 Å². The minimum atomic E-state index is 0.168. The summed E-state index contributed by atoms with van der Waals surface area (Å²) >= 11 is 0. The quantitative estimate of drug-likeness (QED) is 0.473. The van der Waals surface area contributed by atoms with Gasteiger partial charge in [-0.2, -0.15) is 0 Å². The smallest absolute Gasteiger partial charge is 0.0587 e. The number of rotatable bonds is 12. The minimum Gasteiger partial charge on any atom is -0.395 e. The number of aliphatic hydroxyl groups excluding tert-OH is 1. The van der Waals surface area contributed by atoms with Gasteiger partial charge in [0.25, 0.3) is 0 Å². The molecule has 0 spiro atoms. The first-order chi connectivity index (χ1) is 14.3. The van der Waals surface area contributed by atoms with Gasteiger partial charge in [-0.1, -0.05) is 60.7 Å². The summed E-state index contributed by atoms with van der Waals surface area (Å²) in [7, 11) is 0. The van der Waals surface area contributed by atoms with Crippen LogP contribution in [0.5, 0.6) is 0 Å². The summed E-state index contributed by atoms with van der Waals surface area (Å²) in [5.41, 5.74) is 2.73. The van der Waals surface area contributed by atoms with Crippen LogP contribution < -0.4 is 10.6 Å². The van der Waals surface area contributed by atoms with Gasteiger partial charge in [0.05, 0.1) is 6.61 Å². The van der Waals surface area contributed by atoms with Crippen molar-refractivity contribution in [2.45, 2.75) is 51.0 Å². The van der Waals surface area contributed by atoms with Crippen LogP contribution in [0.15, 0.2) is 60.7 Å². The van der Waals surface area contributed by atoms with Crippen molar-refractivity contribution in [3.05, 3.63) is 71.8 Å². The second kappa shape index (κ2) is 12.8. The van der Waals surface area contributed by atoms with Gasteiger partial charge in [-0.05, 0) is 87.5 Å². The molecule has 1 fully saturated rings. The van der Waals surface area contributed by atoms with E-state index in [1.54, 1.807) is 0 Å². The fourth-order valence-corrected chi connectivity index (χ4v) is 4.44. The van der Waals surface area contributed by atoms with Gasteiger partial charge < -0.3 is 15.7 Å². The molecule has 1 atom stereocenters. The molecule has 1 saturated carbocycles. The molecule has 2 aromatic rings. The van der Waals surface area contributed by atoms with Gasteiger partial charge in [0, 0.05) is 6.04 Å². The van der Waals surface area contributed by atoms with E-state index in [0.29, 0.717) is 0 Å². The predicted octanol–water partition coefficient (Wildman–Crippen LogP) is 4.21. The zero-order valence-electron chi connectivity index (χ0n) is 17.7. The Balaban J connectivity index is 1.24. The maximum Gasteiger partial charge on any atom is 0.0587 e. The number of aryl methyl sites for hydroxylation is 1. The third-order valence-electron chi connectivity index (χ3n) is 6.30. The van der Waals surface area contributed by atoms with Gasteiger partial charge in [0.15, 0.2) is 0 Å². The molecule has 0 radical (unpaired) electrons. The molecule has 3 N–H and O–H groups in total. The van der Waals surface area contributed by atoms with E-state index in [9.17, 15) is 5.11 Å². The van der Waals surface area contributed by atoms with E-state index < -0.39 is 0 Å². The Kier molecular flexibility index (Phi) is 9.71. The van der Waals surface area contributed by atoms with Crippen LogP contribution in [0.4, 0.5) is 0 Å². The van der Waals surface area contributed by atoms with Crippen molar-refractivity contribution in [2.24, 2.45) is 11.8 Å². The zero-order chi connectivity index (χ0) is 20.2. The maximum absolute atomic E-state index is 9.70. The van der Waals surface area contributed by atoms with Crippen molar-refractivity contribution in [3.8, 4) is 0 Å². The van der Waals surface area contributed by atoms with Crippen LogP contribution in [-0.4, -0.2) is 37.4 Å². The second-order valence-electron chi connectivity index (χ2n) is 8.66. The Hall–Kier alpha value is -1.68. The van der Waals surface area contributed by atoms with Gasteiger partial charge in [0.1, 0.15) is 0 Å². The Labute approximate surface area is 176 Å². The summed E-state index contributed by atoms with van der Waals surface area (Å²) in [5, 5.41) is 17.0. The number of hydrogen-bond acceptors (Lipinski definition) is 3. The van der Waals surface area contributed by atoms with Crippen molar-refractivity contribution in [1.82, 2.24) is 10.6 Å². The van der Waals surface area contributed by atoms with Crippen LogP contribution in [0, 0.1) is 11.8 Å². The summed E-state index contributed by atoms with van der Waals surface area (Å²) in [6.45, 7) is 3.53. The van der Waals surface area contributed by atoms with Crippen LogP contribution >= 0.6 is 0 Å². The number of aliphatic hydroxyl groups is 1. The predicted molar refractivity (Wildman–Crippen MR) is 122 cm³/mol. The highest BCUT2D eigenvalue weighted by Crippen LogP contribution is 2.28. The third kappa shape index (κ3) is 8.30. The fourth-order valence-electron chi connectivity index (χ4n) is 4.44. The van der Waals surface area contributed by atoms with Gasteiger partial charge in [-0.15, -0.1) is 0 Å². The highest BCUT2D eigenvalue weighted by molar-refractivity contribution is 5.16. The Morgan fingerprint density at radius 2 is 1.38 bits per heavy atom. The molecule has 0 heterocycles. The first-order valence-corrected chi connectivity index (χ1v) is 11.5. The monoisotopic (exact) mass is 394 g/mol. The Bertz CT molecular complexity index is 653. The van der Waals surface area contributed by atoms with Crippen molar-refractivity contribution in [1.29, 1.82) is 0 Å². The molecule has 1 aliphatic carbocycles. The molecular weight excluding hydrogens is 356 g/mol. The molecule has 1 unspecified atom stereocenters. The highest BCUT2D eigenvalue weighted by atomic mass is 16.3. The van der Waals surface area contributed by atoms with Gasteiger partial charge in [-0.25, -0.2) is 0 Å². The summed E-state index contributed by atoms with van der Waals surface area (Å²) in [5.74, 6) is 1.59. The average Bonchev–Trinajstić information content (AvgIpc) is 2.78. The molecule has 3 nitrogen and oxygen atoms in total. The molecule has 0 saturated heterocycles. The second-order valence-corrected chi connectivity index (χ2v) is 8.66. The van der Waals surface area contributed by atoms with Crippen molar-refractivity contribution in [3.63, 3.8) is 0 Å². The summed E-state index contributed by atoms with van der Waals surface area (Å²) < 4.78 is 0. The number of hydrogen-bond donors (Lipinski definition) is 3. The number of nitrogens with one attached hydrogen (secondary N) is 2. The molecule has 0 amide bonds. The van der Waals surface area contributed by atoms with Crippen LogP contribution in [0.2, 0.25) is 0 Å². The van der Waals surface area contributed by atoms with Gasteiger partial charge in [0.2, 0.25) is 0 Å². The Morgan fingerprint density at radius 3 is 2.00 bits per heavy atom. The lowest BCUT2D eigenvalue weighted by atomic mass is 9.82. The lowest BCUT2D eigenvalue weighted by molar-refractivity contribution is 0.216. The van der Waals surface area contributed by atoms with Crippen LogP contribution in [0.25, 0.3) is 0 Å². The van der Waals surface area contributed by atoms with E-state index in [0.717, 1.165) is 31.3 Å². The molecule has 0 aromatic heterocycles. The molecule has 1 aliphatic rings. The standard InChI is InChI=1S/C26H38N2O/c29-21-26(18-23-10-5-2-6-11-23)28-20-25-15-13-24(14-16-25)19-27-17-7-12-22-8-3-1-4-9-22/h1-6,8-11,24-29H,7,12-21H2. The zero-order valence-corrected chi connectivity index (χ0v) is 17.7. The summed E-state index contributed by atoms with van der Waals surface area (Å²) in [4.78, 5) is 0. The Morgan fingerprint density at radius 1 is 0.793 bits per heavy atom. The lowest BCUT2D eigenvalue weighted by Gasteiger charge is -2.30. The number of benzene rings is 2.